The Morgan fingerprint density at radius 3 is 2.67 bits per heavy atom. The van der Waals surface area contributed by atoms with E-state index in [9.17, 15) is 0 Å². The lowest BCUT2D eigenvalue weighted by Gasteiger charge is -2.50. The maximum atomic E-state index is 3.71. The highest BCUT2D eigenvalue weighted by Gasteiger charge is 2.45. The zero-order chi connectivity index (χ0) is 14.4. The third kappa shape index (κ3) is 1.95. The second kappa shape index (κ2) is 4.71. The van der Waals surface area contributed by atoms with Crippen molar-refractivity contribution >= 4 is 0 Å². The molecule has 0 aromatic heterocycles. The van der Waals surface area contributed by atoms with E-state index in [4.69, 9.17) is 0 Å². The van der Waals surface area contributed by atoms with E-state index in [0.29, 0.717) is 17.4 Å². The number of hydrogen-bond acceptors (Lipinski definition) is 1. The first-order valence-corrected chi connectivity index (χ1v) is 8.11. The molecule has 2 aliphatic rings. The van der Waals surface area contributed by atoms with Crippen molar-refractivity contribution in [2.75, 3.05) is 6.54 Å². The van der Waals surface area contributed by atoms with Crippen LogP contribution in [0.25, 0.3) is 11.1 Å². The molecular formula is C20H23N. The summed E-state index contributed by atoms with van der Waals surface area (Å²) in [6, 6.07) is 18.5. The van der Waals surface area contributed by atoms with Gasteiger partial charge in [-0.25, -0.2) is 0 Å². The lowest BCUT2D eigenvalue weighted by atomic mass is 9.59. The van der Waals surface area contributed by atoms with E-state index in [1.165, 1.54) is 24.0 Å². The first kappa shape index (κ1) is 13.1. The molecule has 2 aromatic carbocycles. The molecule has 3 atom stereocenters. The molecule has 1 aliphatic heterocycles. The maximum absolute atomic E-state index is 3.71. The van der Waals surface area contributed by atoms with E-state index in [0.717, 1.165) is 6.54 Å². The molecule has 21 heavy (non-hydrogen) atoms. The summed E-state index contributed by atoms with van der Waals surface area (Å²) in [6.45, 7) is 6.05. The molecule has 1 fully saturated rings. The van der Waals surface area contributed by atoms with Crippen molar-refractivity contribution in [2.24, 2.45) is 5.92 Å². The van der Waals surface area contributed by atoms with E-state index in [-0.39, 0.29) is 0 Å². The fraction of sp³-hybridized carbons (Fsp3) is 0.400. The van der Waals surface area contributed by atoms with E-state index in [1.807, 2.05) is 0 Å². The zero-order valence-corrected chi connectivity index (χ0v) is 12.9. The molecule has 108 valence electrons. The lowest BCUT2D eigenvalue weighted by molar-refractivity contribution is 0.158. The van der Waals surface area contributed by atoms with Crippen LogP contribution in [-0.4, -0.2) is 12.6 Å². The average Bonchev–Trinajstić information content (AvgIpc) is 2.51. The van der Waals surface area contributed by atoms with Crippen LogP contribution >= 0.6 is 0 Å². The molecule has 0 spiro atoms. The van der Waals surface area contributed by atoms with Gasteiger partial charge in [0.25, 0.3) is 0 Å². The van der Waals surface area contributed by atoms with Crippen LogP contribution in [-0.2, 0) is 11.8 Å². The normalized spacial score (nSPS) is 30.8. The number of benzene rings is 2. The molecule has 0 radical (unpaired) electrons. The molecule has 1 heteroatoms. The van der Waals surface area contributed by atoms with Crippen molar-refractivity contribution in [3.05, 3.63) is 59.7 Å². The van der Waals surface area contributed by atoms with E-state index in [1.54, 1.807) is 11.1 Å². The number of hydrogen-bond donors (Lipinski definition) is 1. The molecule has 4 rings (SSSR count). The highest BCUT2D eigenvalue weighted by molar-refractivity contribution is 5.66. The van der Waals surface area contributed by atoms with Crippen LogP contribution in [0.5, 0.6) is 0 Å². The predicted molar refractivity (Wildman–Crippen MR) is 88.5 cm³/mol. The van der Waals surface area contributed by atoms with Crippen LogP contribution in [0.1, 0.15) is 31.4 Å². The van der Waals surface area contributed by atoms with Gasteiger partial charge in [0, 0.05) is 6.04 Å². The molecule has 0 amide bonds. The summed E-state index contributed by atoms with van der Waals surface area (Å²) in [5.74, 6) is 0.713. The van der Waals surface area contributed by atoms with Gasteiger partial charge in [-0.1, -0.05) is 62.4 Å². The monoisotopic (exact) mass is 277 g/mol. The van der Waals surface area contributed by atoms with Gasteiger partial charge in [0.05, 0.1) is 0 Å². The molecular weight excluding hydrogens is 254 g/mol. The highest BCUT2D eigenvalue weighted by Crippen LogP contribution is 2.46. The van der Waals surface area contributed by atoms with Gasteiger partial charge in [0.1, 0.15) is 0 Å². The van der Waals surface area contributed by atoms with Gasteiger partial charge < -0.3 is 5.32 Å². The van der Waals surface area contributed by atoms with Crippen molar-refractivity contribution in [1.82, 2.24) is 5.32 Å². The topological polar surface area (TPSA) is 12.0 Å². The van der Waals surface area contributed by atoms with Crippen LogP contribution in [0.4, 0.5) is 0 Å². The second-order valence-electron chi connectivity index (χ2n) is 6.96. The minimum absolute atomic E-state index is 0.328. The minimum atomic E-state index is 0.328. The third-order valence-corrected chi connectivity index (χ3v) is 5.93. The molecule has 1 aliphatic carbocycles. The summed E-state index contributed by atoms with van der Waals surface area (Å²) in [7, 11) is 0. The number of piperidine rings is 1. The van der Waals surface area contributed by atoms with Crippen molar-refractivity contribution in [3.63, 3.8) is 0 Å². The third-order valence-electron chi connectivity index (χ3n) is 5.93. The number of rotatable bonds is 1. The van der Waals surface area contributed by atoms with Crippen molar-refractivity contribution in [3.8, 4) is 11.1 Å². The predicted octanol–water partition coefficient (Wildman–Crippen LogP) is 4.17. The molecule has 0 unspecified atom stereocenters. The van der Waals surface area contributed by atoms with Crippen LogP contribution < -0.4 is 5.32 Å². The Morgan fingerprint density at radius 2 is 1.86 bits per heavy atom. The largest absolute Gasteiger partial charge is 0.313 e. The van der Waals surface area contributed by atoms with Crippen LogP contribution in [0.3, 0.4) is 0 Å². The summed E-state index contributed by atoms with van der Waals surface area (Å²) in [4.78, 5) is 0. The Balaban J connectivity index is 1.85. The van der Waals surface area contributed by atoms with Gasteiger partial charge in [-0.2, -0.15) is 0 Å². The molecule has 1 heterocycles. The van der Waals surface area contributed by atoms with E-state index < -0.39 is 0 Å². The van der Waals surface area contributed by atoms with E-state index >= 15 is 0 Å². The van der Waals surface area contributed by atoms with Crippen molar-refractivity contribution in [2.45, 2.75) is 38.1 Å². The highest BCUT2D eigenvalue weighted by atomic mass is 14.9. The number of fused-ring (bicyclic) bond motifs is 4. The lowest BCUT2D eigenvalue weighted by Crippen LogP contribution is -2.56. The van der Waals surface area contributed by atoms with Gasteiger partial charge in [0.2, 0.25) is 0 Å². The molecule has 2 aromatic rings. The van der Waals surface area contributed by atoms with Gasteiger partial charge in [0.15, 0.2) is 0 Å². The molecule has 1 N–H and O–H groups in total. The standard InChI is InChI=1S/C20H23N/c1-14-19-13-17-9-8-16(15-6-4-3-5-7-15)12-18(17)20(14,2)10-11-21-19/h3-9,12,14,19,21H,10-11,13H2,1-2H3/t14-,19-,20-/m1/s1. The molecule has 1 saturated heterocycles. The summed E-state index contributed by atoms with van der Waals surface area (Å²) >= 11 is 0. The Kier molecular flexibility index (Phi) is 2.93. The van der Waals surface area contributed by atoms with Gasteiger partial charge in [-0.15, -0.1) is 0 Å². The maximum Gasteiger partial charge on any atom is 0.0142 e. The van der Waals surface area contributed by atoms with Gasteiger partial charge in [-0.3, -0.25) is 0 Å². The van der Waals surface area contributed by atoms with Crippen molar-refractivity contribution < 1.29 is 0 Å². The quantitative estimate of drug-likeness (QED) is 0.825. The van der Waals surface area contributed by atoms with Crippen LogP contribution in [0.2, 0.25) is 0 Å². The average molecular weight is 277 g/mol. The summed E-state index contributed by atoms with van der Waals surface area (Å²) in [5.41, 5.74) is 6.16. The Bertz CT molecular complexity index is 661. The fourth-order valence-corrected chi connectivity index (χ4v) is 4.33. The Hall–Kier alpha value is -1.60. The zero-order valence-electron chi connectivity index (χ0n) is 12.9. The molecule has 2 bridgehead atoms. The summed E-state index contributed by atoms with van der Waals surface area (Å²) in [6.07, 6.45) is 2.43. The summed E-state index contributed by atoms with van der Waals surface area (Å²) in [5, 5.41) is 3.71. The fourth-order valence-electron chi connectivity index (χ4n) is 4.33. The van der Waals surface area contributed by atoms with Crippen LogP contribution in [0, 0.1) is 5.92 Å². The molecule has 1 nitrogen and oxygen atoms in total. The smallest absolute Gasteiger partial charge is 0.0142 e. The Labute approximate surface area is 127 Å². The first-order chi connectivity index (χ1) is 10.2. The van der Waals surface area contributed by atoms with Gasteiger partial charge in [-0.05, 0) is 53.0 Å². The van der Waals surface area contributed by atoms with Crippen LogP contribution in [0.15, 0.2) is 48.5 Å². The molecule has 0 saturated carbocycles. The minimum Gasteiger partial charge on any atom is -0.313 e. The van der Waals surface area contributed by atoms with Gasteiger partial charge >= 0.3 is 0 Å². The van der Waals surface area contributed by atoms with E-state index in [2.05, 4.69) is 67.7 Å². The first-order valence-electron chi connectivity index (χ1n) is 8.11. The number of nitrogens with one attached hydrogen (secondary N) is 1. The SMILES string of the molecule is C[C@@H]1[C@H]2Cc3ccc(-c4ccccc4)cc3[C@]1(C)CCN2. The summed E-state index contributed by atoms with van der Waals surface area (Å²) < 4.78 is 0. The second-order valence-corrected chi connectivity index (χ2v) is 6.96. The van der Waals surface area contributed by atoms with Crippen molar-refractivity contribution in [1.29, 1.82) is 0 Å². The Morgan fingerprint density at radius 1 is 1.05 bits per heavy atom.